The number of hydrogen-bond donors (Lipinski definition) is 1. The van der Waals surface area contributed by atoms with E-state index in [-0.39, 0.29) is 18.4 Å². The molecular formula is C16H15N3O2. The summed E-state index contributed by atoms with van der Waals surface area (Å²) in [6.07, 6.45) is 3.22. The van der Waals surface area contributed by atoms with Gasteiger partial charge >= 0.3 is 0 Å². The zero-order valence-electron chi connectivity index (χ0n) is 11.9. The SMILES string of the molecule is CC(=O)N1CC(Nc2ccc(C)c3ncccc23)=CC1=O. The molecule has 0 aliphatic carbocycles. The highest BCUT2D eigenvalue weighted by Crippen LogP contribution is 2.26. The number of amides is 2. The lowest BCUT2D eigenvalue weighted by atomic mass is 10.1. The Balaban J connectivity index is 1.94. The Labute approximate surface area is 122 Å². The molecular weight excluding hydrogens is 266 g/mol. The van der Waals surface area contributed by atoms with Crippen LogP contribution in [-0.2, 0) is 9.59 Å². The van der Waals surface area contributed by atoms with Gasteiger partial charge in [0.05, 0.1) is 12.1 Å². The van der Waals surface area contributed by atoms with Crippen LogP contribution in [0.5, 0.6) is 0 Å². The first-order chi connectivity index (χ1) is 10.1. The van der Waals surface area contributed by atoms with Crippen LogP contribution in [0, 0.1) is 6.92 Å². The molecule has 1 N–H and O–H groups in total. The van der Waals surface area contributed by atoms with Crippen LogP contribution in [0.15, 0.2) is 42.2 Å². The Hall–Kier alpha value is -2.69. The van der Waals surface area contributed by atoms with E-state index in [0.29, 0.717) is 5.70 Å². The number of carbonyl (C=O) groups is 2. The molecule has 0 saturated heterocycles. The number of fused-ring (bicyclic) bond motifs is 1. The monoisotopic (exact) mass is 281 g/mol. The Morgan fingerprint density at radius 3 is 2.86 bits per heavy atom. The van der Waals surface area contributed by atoms with Crippen LogP contribution in [0.4, 0.5) is 5.69 Å². The minimum absolute atomic E-state index is 0.247. The highest BCUT2D eigenvalue weighted by Gasteiger charge is 2.24. The molecule has 1 aromatic heterocycles. The summed E-state index contributed by atoms with van der Waals surface area (Å²) in [4.78, 5) is 28.6. The Morgan fingerprint density at radius 1 is 1.33 bits per heavy atom. The number of rotatable bonds is 2. The topological polar surface area (TPSA) is 62.3 Å². The maximum Gasteiger partial charge on any atom is 0.255 e. The highest BCUT2D eigenvalue weighted by molar-refractivity contribution is 6.04. The standard InChI is InChI=1S/C16H15N3O2/c1-10-5-6-14(13-4-3-7-17-16(10)13)18-12-8-15(21)19(9-12)11(2)20/h3-8,18H,9H2,1-2H3. The van der Waals surface area contributed by atoms with Crippen molar-refractivity contribution < 1.29 is 9.59 Å². The molecule has 0 radical (unpaired) electrons. The van der Waals surface area contributed by atoms with Crippen molar-refractivity contribution in [3.63, 3.8) is 0 Å². The summed E-state index contributed by atoms with van der Waals surface area (Å²) in [7, 11) is 0. The first-order valence-electron chi connectivity index (χ1n) is 6.70. The van der Waals surface area contributed by atoms with E-state index < -0.39 is 0 Å². The van der Waals surface area contributed by atoms with Gasteiger partial charge in [0.2, 0.25) is 5.91 Å². The first-order valence-corrected chi connectivity index (χ1v) is 6.70. The molecule has 2 aromatic rings. The van der Waals surface area contributed by atoms with Gasteiger partial charge in [-0.1, -0.05) is 6.07 Å². The molecule has 1 aromatic carbocycles. The summed E-state index contributed by atoms with van der Waals surface area (Å²) in [6, 6.07) is 7.81. The summed E-state index contributed by atoms with van der Waals surface area (Å²) in [6.45, 7) is 3.68. The molecule has 1 aliphatic heterocycles. The molecule has 2 amide bonds. The van der Waals surface area contributed by atoms with E-state index in [0.717, 1.165) is 22.2 Å². The van der Waals surface area contributed by atoms with Crippen molar-refractivity contribution in [1.82, 2.24) is 9.88 Å². The normalized spacial score (nSPS) is 14.5. The van der Waals surface area contributed by atoms with Crippen LogP contribution in [0.3, 0.4) is 0 Å². The number of hydrogen-bond acceptors (Lipinski definition) is 4. The minimum Gasteiger partial charge on any atom is -0.357 e. The quantitative estimate of drug-likeness (QED) is 0.917. The van der Waals surface area contributed by atoms with Crippen molar-refractivity contribution in [1.29, 1.82) is 0 Å². The van der Waals surface area contributed by atoms with Crippen molar-refractivity contribution in [2.45, 2.75) is 13.8 Å². The second kappa shape index (κ2) is 5.01. The molecule has 0 unspecified atom stereocenters. The van der Waals surface area contributed by atoms with Gasteiger partial charge in [0.15, 0.2) is 0 Å². The third kappa shape index (κ3) is 2.38. The number of carbonyl (C=O) groups excluding carboxylic acids is 2. The van der Waals surface area contributed by atoms with E-state index in [4.69, 9.17) is 0 Å². The summed E-state index contributed by atoms with van der Waals surface area (Å²) >= 11 is 0. The molecule has 5 nitrogen and oxygen atoms in total. The highest BCUT2D eigenvalue weighted by atomic mass is 16.2. The van der Waals surface area contributed by atoms with Gasteiger partial charge < -0.3 is 5.32 Å². The third-order valence-electron chi connectivity index (χ3n) is 3.54. The molecule has 1 aliphatic rings. The second-order valence-electron chi connectivity index (χ2n) is 5.07. The van der Waals surface area contributed by atoms with Crippen LogP contribution in [-0.4, -0.2) is 28.2 Å². The molecule has 0 spiro atoms. The van der Waals surface area contributed by atoms with Gasteiger partial charge in [-0.25, -0.2) is 0 Å². The molecule has 2 heterocycles. The van der Waals surface area contributed by atoms with E-state index in [1.165, 1.54) is 17.9 Å². The van der Waals surface area contributed by atoms with Gasteiger partial charge in [-0.15, -0.1) is 0 Å². The maximum absolute atomic E-state index is 11.7. The molecule has 3 rings (SSSR count). The number of anilines is 1. The third-order valence-corrected chi connectivity index (χ3v) is 3.54. The summed E-state index contributed by atoms with van der Waals surface area (Å²) in [5.41, 5.74) is 3.62. The summed E-state index contributed by atoms with van der Waals surface area (Å²) in [5.74, 6) is -0.525. The molecule has 5 heteroatoms. The predicted octanol–water partition coefficient (Wildman–Crippen LogP) is 2.23. The zero-order valence-corrected chi connectivity index (χ0v) is 11.9. The van der Waals surface area contributed by atoms with Crippen molar-refractivity contribution in [2.75, 3.05) is 11.9 Å². The molecule has 0 saturated carbocycles. The Morgan fingerprint density at radius 2 is 2.14 bits per heavy atom. The van der Waals surface area contributed by atoms with Gasteiger partial charge in [0, 0.05) is 36.0 Å². The first kappa shape index (κ1) is 13.3. The van der Waals surface area contributed by atoms with E-state index in [1.807, 2.05) is 31.2 Å². The van der Waals surface area contributed by atoms with Crippen molar-refractivity contribution in [2.24, 2.45) is 0 Å². The molecule has 0 bridgehead atoms. The lowest BCUT2D eigenvalue weighted by Crippen LogP contribution is -2.31. The van der Waals surface area contributed by atoms with Crippen LogP contribution < -0.4 is 5.32 Å². The second-order valence-corrected chi connectivity index (χ2v) is 5.07. The average molecular weight is 281 g/mol. The Kier molecular flexibility index (Phi) is 3.17. The molecule has 106 valence electrons. The lowest BCUT2D eigenvalue weighted by molar-refractivity contribution is -0.138. The number of pyridine rings is 1. The van der Waals surface area contributed by atoms with Crippen LogP contribution in [0.25, 0.3) is 10.9 Å². The lowest BCUT2D eigenvalue weighted by Gasteiger charge is -2.14. The number of benzene rings is 1. The number of aromatic nitrogens is 1. The van der Waals surface area contributed by atoms with Gasteiger partial charge in [0.1, 0.15) is 0 Å². The summed E-state index contributed by atoms with van der Waals surface area (Å²) < 4.78 is 0. The van der Waals surface area contributed by atoms with Crippen LogP contribution >= 0.6 is 0 Å². The Bertz CT molecular complexity index is 780. The fourth-order valence-corrected chi connectivity index (χ4v) is 2.46. The van der Waals surface area contributed by atoms with Gasteiger partial charge in [-0.2, -0.15) is 0 Å². The van der Waals surface area contributed by atoms with Gasteiger partial charge in [-0.3, -0.25) is 19.5 Å². The number of nitrogens with one attached hydrogen (secondary N) is 1. The fraction of sp³-hybridized carbons (Fsp3) is 0.188. The van der Waals surface area contributed by atoms with E-state index in [1.54, 1.807) is 6.20 Å². The van der Waals surface area contributed by atoms with E-state index in [9.17, 15) is 9.59 Å². The average Bonchev–Trinajstić information content (AvgIpc) is 2.83. The summed E-state index contributed by atoms with van der Waals surface area (Å²) in [5, 5.41) is 4.23. The van der Waals surface area contributed by atoms with E-state index in [2.05, 4.69) is 10.3 Å². The van der Waals surface area contributed by atoms with Crippen molar-refractivity contribution >= 4 is 28.4 Å². The number of imide groups is 1. The number of nitrogens with zero attached hydrogens (tertiary/aromatic N) is 2. The number of aryl methyl sites for hydroxylation is 1. The maximum atomic E-state index is 11.7. The predicted molar refractivity (Wildman–Crippen MR) is 80.6 cm³/mol. The van der Waals surface area contributed by atoms with Crippen molar-refractivity contribution in [3.8, 4) is 0 Å². The van der Waals surface area contributed by atoms with Crippen LogP contribution in [0.2, 0.25) is 0 Å². The minimum atomic E-state index is -0.278. The van der Waals surface area contributed by atoms with Crippen LogP contribution in [0.1, 0.15) is 12.5 Å². The van der Waals surface area contributed by atoms with Gasteiger partial charge in [-0.05, 0) is 30.7 Å². The van der Waals surface area contributed by atoms with Gasteiger partial charge in [0.25, 0.3) is 5.91 Å². The molecule has 0 fully saturated rings. The molecule has 21 heavy (non-hydrogen) atoms. The molecule has 0 atom stereocenters. The fourth-order valence-electron chi connectivity index (χ4n) is 2.46. The zero-order chi connectivity index (χ0) is 15.0. The van der Waals surface area contributed by atoms with E-state index >= 15 is 0 Å². The largest absolute Gasteiger partial charge is 0.357 e. The smallest absolute Gasteiger partial charge is 0.255 e. The van der Waals surface area contributed by atoms with Crippen molar-refractivity contribution in [3.05, 3.63) is 47.8 Å².